The summed E-state index contributed by atoms with van der Waals surface area (Å²) in [6.07, 6.45) is 0. The number of benzene rings is 2. The molecular formula is C23H29N3O5S. The first-order valence-electron chi connectivity index (χ1n) is 10.6. The van der Waals surface area contributed by atoms with E-state index in [-0.39, 0.29) is 35.4 Å². The number of ether oxygens (including phenoxy) is 1. The number of carbonyl (C=O) groups excluding carboxylic acids is 2. The van der Waals surface area contributed by atoms with E-state index in [1.165, 1.54) is 28.6 Å². The zero-order chi connectivity index (χ0) is 23.3. The second-order valence-corrected chi connectivity index (χ2v) is 9.98. The van der Waals surface area contributed by atoms with Crippen molar-refractivity contribution in [1.82, 2.24) is 9.62 Å². The summed E-state index contributed by atoms with van der Waals surface area (Å²) in [5, 5.41) is 5.61. The molecule has 1 atom stereocenters. The van der Waals surface area contributed by atoms with E-state index in [9.17, 15) is 18.0 Å². The minimum Gasteiger partial charge on any atom is -0.379 e. The van der Waals surface area contributed by atoms with Crippen LogP contribution in [0, 0.1) is 12.8 Å². The number of para-hydroxylation sites is 1. The Bertz CT molecular complexity index is 1080. The van der Waals surface area contributed by atoms with E-state index >= 15 is 0 Å². The molecule has 1 fully saturated rings. The van der Waals surface area contributed by atoms with Crippen molar-refractivity contribution < 1.29 is 22.7 Å². The third kappa shape index (κ3) is 5.53. The Hall–Kier alpha value is -2.75. The highest BCUT2D eigenvalue weighted by atomic mass is 32.2. The molecule has 2 N–H and O–H groups in total. The summed E-state index contributed by atoms with van der Waals surface area (Å²) in [7, 11) is -3.73. The second kappa shape index (κ2) is 10.2. The predicted octanol–water partition coefficient (Wildman–Crippen LogP) is 2.41. The zero-order valence-electron chi connectivity index (χ0n) is 18.5. The number of anilines is 1. The van der Waals surface area contributed by atoms with Crippen LogP contribution in [-0.2, 0) is 19.6 Å². The molecule has 0 radical (unpaired) electrons. The molecule has 2 amide bonds. The summed E-state index contributed by atoms with van der Waals surface area (Å²) in [5.41, 5.74) is 1.76. The van der Waals surface area contributed by atoms with Gasteiger partial charge in [-0.2, -0.15) is 4.31 Å². The van der Waals surface area contributed by atoms with Crippen LogP contribution in [0.15, 0.2) is 53.4 Å². The zero-order valence-corrected chi connectivity index (χ0v) is 19.3. The summed E-state index contributed by atoms with van der Waals surface area (Å²) in [6, 6.07) is 12.5. The molecule has 1 aliphatic heterocycles. The molecule has 172 valence electrons. The Morgan fingerprint density at radius 2 is 1.72 bits per heavy atom. The van der Waals surface area contributed by atoms with E-state index in [0.717, 1.165) is 5.56 Å². The summed E-state index contributed by atoms with van der Waals surface area (Å²) in [5.74, 6) is -1.02. The Morgan fingerprint density at radius 3 is 2.38 bits per heavy atom. The maximum Gasteiger partial charge on any atom is 0.251 e. The number of carbonyl (C=O) groups is 2. The smallest absolute Gasteiger partial charge is 0.251 e. The molecule has 0 spiro atoms. The van der Waals surface area contributed by atoms with Gasteiger partial charge in [-0.1, -0.05) is 38.1 Å². The molecule has 1 aliphatic rings. The van der Waals surface area contributed by atoms with E-state index in [1.807, 2.05) is 39.0 Å². The van der Waals surface area contributed by atoms with Crippen molar-refractivity contribution in [3.8, 4) is 0 Å². The third-order valence-corrected chi connectivity index (χ3v) is 7.24. The van der Waals surface area contributed by atoms with Gasteiger partial charge in [0.2, 0.25) is 15.9 Å². The molecule has 0 aromatic heterocycles. The van der Waals surface area contributed by atoms with Crippen LogP contribution in [0.3, 0.4) is 0 Å². The van der Waals surface area contributed by atoms with Gasteiger partial charge in [-0.05, 0) is 42.7 Å². The van der Waals surface area contributed by atoms with Gasteiger partial charge in [0.1, 0.15) is 6.04 Å². The van der Waals surface area contributed by atoms with Crippen molar-refractivity contribution in [1.29, 1.82) is 0 Å². The molecule has 1 heterocycles. The molecule has 2 aromatic carbocycles. The van der Waals surface area contributed by atoms with E-state index in [1.54, 1.807) is 6.07 Å². The maximum atomic E-state index is 12.9. The van der Waals surface area contributed by atoms with Crippen molar-refractivity contribution in [2.45, 2.75) is 31.7 Å². The molecule has 0 unspecified atom stereocenters. The minimum absolute atomic E-state index is 0.0394. The number of sulfonamides is 1. The lowest BCUT2D eigenvalue weighted by atomic mass is 10.0. The maximum absolute atomic E-state index is 12.9. The van der Waals surface area contributed by atoms with Gasteiger partial charge in [-0.3, -0.25) is 9.59 Å². The number of hydrogen-bond donors (Lipinski definition) is 2. The predicted molar refractivity (Wildman–Crippen MR) is 122 cm³/mol. The summed E-state index contributed by atoms with van der Waals surface area (Å²) in [6.45, 7) is 6.78. The first-order chi connectivity index (χ1) is 15.2. The minimum atomic E-state index is -3.73. The van der Waals surface area contributed by atoms with Gasteiger partial charge in [-0.15, -0.1) is 0 Å². The number of nitrogens with one attached hydrogen (secondary N) is 2. The van der Waals surface area contributed by atoms with Gasteiger partial charge in [-0.25, -0.2) is 8.42 Å². The van der Waals surface area contributed by atoms with Gasteiger partial charge in [0, 0.05) is 24.3 Å². The van der Waals surface area contributed by atoms with Crippen LogP contribution in [0.2, 0.25) is 0 Å². The van der Waals surface area contributed by atoms with Crippen LogP contribution in [0.5, 0.6) is 0 Å². The molecule has 0 bridgehead atoms. The molecule has 2 aromatic rings. The van der Waals surface area contributed by atoms with Crippen molar-refractivity contribution in [3.63, 3.8) is 0 Å². The highest BCUT2D eigenvalue weighted by Crippen LogP contribution is 2.19. The fourth-order valence-corrected chi connectivity index (χ4v) is 4.87. The largest absolute Gasteiger partial charge is 0.379 e. The molecule has 0 aliphatic carbocycles. The standard InChI is InChI=1S/C23H29N3O5S/c1-16(2)21(23(28)24-20-10-5-4-7-17(20)3)25-22(27)18-8-6-9-19(15-18)32(29,30)26-11-13-31-14-12-26/h4-10,15-16,21H,11-14H2,1-3H3,(H,24,28)(H,25,27)/t21-/m0/s1. The highest BCUT2D eigenvalue weighted by molar-refractivity contribution is 7.89. The summed E-state index contributed by atoms with van der Waals surface area (Å²) in [4.78, 5) is 25.8. The lowest BCUT2D eigenvalue weighted by Gasteiger charge is -2.26. The fourth-order valence-electron chi connectivity index (χ4n) is 3.42. The number of nitrogens with zero attached hydrogens (tertiary/aromatic N) is 1. The summed E-state index contributed by atoms with van der Waals surface area (Å²) < 4.78 is 32.4. The van der Waals surface area contributed by atoms with Gasteiger partial charge in [0.05, 0.1) is 18.1 Å². The lowest BCUT2D eigenvalue weighted by Crippen LogP contribution is -2.47. The first-order valence-corrected chi connectivity index (χ1v) is 12.0. The Kier molecular flexibility index (Phi) is 7.65. The van der Waals surface area contributed by atoms with Crippen molar-refractivity contribution >= 4 is 27.5 Å². The number of amides is 2. The average Bonchev–Trinajstić information content (AvgIpc) is 2.79. The molecule has 0 saturated carbocycles. The van der Waals surface area contributed by atoms with Crippen LogP contribution in [0.25, 0.3) is 0 Å². The quantitative estimate of drug-likeness (QED) is 0.662. The highest BCUT2D eigenvalue weighted by Gasteiger charge is 2.28. The SMILES string of the molecule is Cc1ccccc1NC(=O)[C@@H](NC(=O)c1cccc(S(=O)(=O)N2CCOCC2)c1)C(C)C. The van der Waals surface area contributed by atoms with Crippen molar-refractivity contribution in [2.75, 3.05) is 31.6 Å². The van der Waals surface area contributed by atoms with E-state index in [0.29, 0.717) is 18.9 Å². The first kappa shape index (κ1) is 23.9. The topological polar surface area (TPSA) is 105 Å². The fraction of sp³-hybridized carbons (Fsp3) is 0.391. The molecule has 32 heavy (non-hydrogen) atoms. The number of rotatable bonds is 7. The second-order valence-electron chi connectivity index (χ2n) is 8.04. The molecule has 8 nitrogen and oxygen atoms in total. The normalized spacial score (nSPS) is 15.9. The van der Waals surface area contributed by atoms with E-state index < -0.39 is 22.0 Å². The lowest BCUT2D eigenvalue weighted by molar-refractivity contribution is -0.118. The third-order valence-electron chi connectivity index (χ3n) is 5.34. The van der Waals surface area contributed by atoms with E-state index in [2.05, 4.69) is 10.6 Å². The van der Waals surface area contributed by atoms with Crippen molar-refractivity contribution in [3.05, 3.63) is 59.7 Å². The van der Waals surface area contributed by atoms with E-state index in [4.69, 9.17) is 4.74 Å². The average molecular weight is 460 g/mol. The molecule has 9 heteroatoms. The number of aryl methyl sites for hydroxylation is 1. The van der Waals surface area contributed by atoms with Crippen LogP contribution in [0.1, 0.15) is 29.8 Å². The van der Waals surface area contributed by atoms with Crippen LogP contribution in [-0.4, -0.2) is 56.9 Å². The van der Waals surface area contributed by atoms with Crippen LogP contribution < -0.4 is 10.6 Å². The monoisotopic (exact) mass is 459 g/mol. The number of morpholine rings is 1. The van der Waals surface area contributed by atoms with Crippen LogP contribution >= 0.6 is 0 Å². The van der Waals surface area contributed by atoms with Gasteiger partial charge in [0.15, 0.2) is 0 Å². The Balaban J connectivity index is 1.76. The Labute approximate surface area is 189 Å². The molecular weight excluding hydrogens is 430 g/mol. The van der Waals surface area contributed by atoms with Crippen molar-refractivity contribution in [2.24, 2.45) is 5.92 Å². The van der Waals surface area contributed by atoms with Gasteiger partial charge in [0.25, 0.3) is 5.91 Å². The Morgan fingerprint density at radius 1 is 1.03 bits per heavy atom. The van der Waals surface area contributed by atoms with Gasteiger partial charge >= 0.3 is 0 Å². The number of hydrogen-bond acceptors (Lipinski definition) is 5. The van der Waals surface area contributed by atoms with Gasteiger partial charge < -0.3 is 15.4 Å². The molecule has 1 saturated heterocycles. The molecule has 3 rings (SSSR count). The summed E-state index contributed by atoms with van der Waals surface area (Å²) >= 11 is 0. The van der Waals surface area contributed by atoms with Crippen LogP contribution in [0.4, 0.5) is 5.69 Å².